The summed E-state index contributed by atoms with van der Waals surface area (Å²) in [5.74, 6) is -0.472. The lowest BCUT2D eigenvalue weighted by molar-refractivity contribution is 0.0526. The molecule has 0 radical (unpaired) electrons. The quantitative estimate of drug-likeness (QED) is 0.514. The van der Waals surface area contributed by atoms with Crippen molar-refractivity contribution in [1.82, 2.24) is 0 Å². The predicted molar refractivity (Wildman–Crippen MR) is 67.1 cm³/mol. The highest BCUT2D eigenvalue weighted by Crippen LogP contribution is 2.23. The van der Waals surface area contributed by atoms with E-state index in [0.717, 1.165) is 0 Å². The number of nitrogens with zero attached hydrogens (tertiary/aromatic N) is 1. The minimum Gasteiger partial charge on any atom is -0.462 e. The first-order valence-corrected chi connectivity index (χ1v) is 5.73. The number of rotatable bonds is 2. The maximum Gasteiger partial charge on any atom is 0.339 e. The fourth-order valence-corrected chi connectivity index (χ4v) is 1.83. The molecule has 1 aromatic rings. The van der Waals surface area contributed by atoms with Gasteiger partial charge in [0.25, 0.3) is 0 Å². The van der Waals surface area contributed by atoms with Crippen molar-refractivity contribution in [2.45, 2.75) is 11.8 Å². The monoisotopic (exact) mass is 333 g/mol. The third-order valence-corrected chi connectivity index (χ3v) is 3.65. The van der Waals surface area contributed by atoms with Crippen LogP contribution in [-0.4, -0.2) is 12.6 Å². The van der Waals surface area contributed by atoms with Crippen molar-refractivity contribution in [2.24, 2.45) is 0 Å². The molecule has 5 heteroatoms. The van der Waals surface area contributed by atoms with Gasteiger partial charge in [0.2, 0.25) is 0 Å². The number of carbonyl (C=O) groups excluding carboxylic acids is 1. The van der Waals surface area contributed by atoms with E-state index >= 15 is 0 Å². The van der Waals surface area contributed by atoms with Crippen molar-refractivity contribution >= 4 is 41.2 Å². The van der Waals surface area contributed by atoms with Crippen LogP contribution in [0.15, 0.2) is 17.0 Å². The molecule has 0 aromatic heterocycles. The van der Waals surface area contributed by atoms with Gasteiger partial charge in [-0.05, 0) is 41.6 Å². The molecule has 15 heavy (non-hydrogen) atoms. The van der Waals surface area contributed by atoms with Gasteiger partial charge in [-0.2, -0.15) is 5.26 Å². The Morgan fingerprint density at radius 3 is 2.87 bits per heavy atom. The van der Waals surface area contributed by atoms with Gasteiger partial charge in [-0.1, -0.05) is 0 Å². The van der Waals surface area contributed by atoms with Crippen molar-refractivity contribution in [3.63, 3.8) is 0 Å². The Labute approximate surface area is 107 Å². The molecule has 0 aliphatic carbocycles. The second-order valence-electron chi connectivity index (χ2n) is 2.65. The van der Waals surface area contributed by atoms with E-state index < -0.39 is 5.97 Å². The third-order valence-electron chi connectivity index (χ3n) is 1.73. The number of hydrogen-bond donors (Lipinski definition) is 1. The fraction of sp³-hybridized carbons (Fsp3) is 0.200. The van der Waals surface area contributed by atoms with Crippen molar-refractivity contribution in [3.8, 4) is 6.07 Å². The van der Waals surface area contributed by atoms with Crippen molar-refractivity contribution in [2.75, 3.05) is 6.61 Å². The Bertz CT molecular complexity index is 440. The smallest absolute Gasteiger partial charge is 0.339 e. The molecule has 3 nitrogen and oxygen atoms in total. The molecule has 0 amide bonds. The summed E-state index contributed by atoms with van der Waals surface area (Å²) < 4.78 is 5.52. The Morgan fingerprint density at radius 1 is 1.67 bits per heavy atom. The fourth-order valence-electron chi connectivity index (χ4n) is 1.05. The molecule has 0 atom stereocenters. The van der Waals surface area contributed by atoms with Gasteiger partial charge in [0, 0.05) is 8.47 Å². The van der Waals surface area contributed by atoms with Gasteiger partial charge in [-0.3, -0.25) is 0 Å². The van der Waals surface area contributed by atoms with Crippen LogP contribution < -0.4 is 0 Å². The Morgan fingerprint density at radius 2 is 2.33 bits per heavy atom. The van der Waals surface area contributed by atoms with E-state index in [1.165, 1.54) is 0 Å². The molecule has 0 aliphatic heterocycles. The van der Waals surface area contributed by atoms with E-state index in [2.05, 4.69) is 12.6 Å². The van der Waals surface area contributed by atoms with E-state index in [4.69, 9.17) is 10.00 Å². The van der Waals surface area contributed by atoms with Crippen LogP contribution in [0.4, 0.5) is 0 Å². The molecule has 0 N–H and O–H groups in total. The molecule has 0 aliphatic rings. The first kappa shape index (κ1) is 12.3. The summed E-state index contributed by atoms with van der Waals surface area (Å²) in [6, 6.07) is 5.22. The number of thiol groups is 1. The number of esters is 1. The van der Waals surface area contributed by atoms with Gasteiger partial charge in [0.1, 0.15) is 6.07 Å². The predicted octanol–water partition coefficient (Wildman–Crippen LogP) is 2.63. The van der Waals surface area contributed by atoms with Crippen LogP contribution >= 0.6 is 35.2 Å². The van der Waals surface area contributed by atoms with Crippen molar-refractivity contribution < 1.29 is 9.53 Å². The number of halogens is 1. The summed E-state index contributed by atoms with van der Waals surface area (Å²) in [6.07, 6.45) is 0. The minimum absolute atomic E-state index is 0.293. The molecule has 1 aromatic carbocycles. The standard InChI is InChI=1S/C10H8INO2S/c1-2-14-10(13)6-3-4-8(15)9(11)7(6)5-12/h3-4,15H,2H2,1H3. The summed E-state index contributed by atoms with van der Waals surface area (Å²) in [6.45, 7) is 2.02. The molecule has 78 valence electrons. The highest BCUT2D eigenvalue weighted by molar-refractivity contribution is 14.1. The van der Waals surface area contributed by atoms with E-state index in [1.54, 1.807) is 19.1 Å². The lowest BCUT2D eigenvalue weighted by atomic mass is 10.1. The normalized spacial score (nSPS) is 9.47. The average Bonchev–Trinajstić information content (AvgIpc) is 2.22. The van der Waals surface area contributed by atoms with Crippen LogP contribution in [0.25, 0.3) is 0 Å². The largest absolute Gasteiger partial charge is 0.462 e. The van der Waals surface area contributed by atoms with Crippen LogP contribution in [0.2, 0.25) is 0 Å². The zero-order valence-electron chi connectivity index (χ0n) is 7.95. The maximum absolute atomic E-state index is 11.5. The van der Waals surface area contributed by atoms with Crippen LogP contribution in [0.5, 0.6) is 0 Å². The highest BCUT2D eigenvalue weighted by Gasteiger charge is 2.16. The summed E-state index contributed by atoms with van der Waals surface area (Å²) in [7, 11) is 0. The maximum atomic E-state index is 11.5. The van der Waals surface area contributed by atoms with Crippen molar-refractivity contribution in [3.05, 3.63) is 26.8 Å². The number of nitriles is 1. The molecule has 0 fully saturated rings. The van der Waals surface area contributed by atoms with E-state index in [0.29, 0.717) is 26.2 Å². The zero-order valence-corrected chi connectivity index (χ0v) is 11.0. The average molecular weight is 333 g/mol. The molecule has 0 spiro atoms. The second-order valence-corrected chi connectivity index (χ2v) is 4.21. The van der Waals surface area contributed by atoms with Gasteiger partial charge in [-0.15, -0.1) is 12.6 Å². The topological polar surface area (TPSA) is 50.1 Å². The molecule has 0 heterocycles. The molecule has 0 unspecified atom stereocenters. The van der Waals surface area contributed by atoms with Crippen LogP contribution in [-0.2, 0) is 4.74 Å². The number of hydrogen-bond acceptors (Lipinski definition) is 4. The van der Waals surface area contributed by atoms with E-state index in [9.17, 15) is 4.79 Å². The summed E-state index contributed by atoms with van der Waals surface area (Å²) >= 11 is 6.16. The molecule has 0 saturated heterocycles. The number of carbonyl (C=O) groups is 1. The van der Waals surface area contributed by atoms with Gasteiger partial charge in [0.05, 0.1) is 17.7 Å². The van der Waals surface area contributed by atoms with Gasteiger partial charge >= 0.3 is 5.97 Å². The SMILES string of the molecule is CCOC(=O)c1ccc(S)c(I)c1C#N. The van der Waals surface area contributed by atoms with E-state index in [1.807, 2.05) is 28.7 Å². The minimum atomic E-state index is -0.472. The zero-order chi connectivity index (χ0) is 11.4. The summed E-state index contributed by atoms with van der Waals surface area (Å²) in [5.41, 5.74) is 0.614. The molecular formula is C10H8INO2S. The summed E-state index contributed by atoms with van der Waals surface area (Å²) in [4.78, 5) is 12.2. The molecule has 0 saturated carbocycles. The van der Waals surface area contributed by atoms with Crippen LogP contribution in [0.3, 0.4) is 0 Å². The van der Waals surface area contributed by atoms with Gasteiger partial charge < -0.3 is 4.74 Å². The van der Waals surface area contributed by atoms with Crippen LogP contribution in [0.1, 0.15) is 22.8 Å². The van der Waals surface area contributed by atoms with E-state index in [-0.39, 0.29) is 0 Å². The first-order chi connectivity index (χ1) is 7.11. The second kappa shape index (κ2) is 5.37. The Kier molecular flexibility index (Phi) is 4.42. The van der Waals surface area contributed by atoms with Crippen molar-refractivity contribution in [1.29, 1.82) is 5.26 Å². The van der Waals surface area contributed by atoms with Crippen LogP contribution in [0, 0.1) is 14.9 Å². The van der Waals surface area contributed by atoms with Gasteiger partial charge in [0.15, 0.2) is 0 Å². The molecule has 1 rings (SSSR count). The molecule has 0 bridgehead atoms. The number of ether oxygens (including phenoxy) is 1. The molecular weight excluding hydrogens is 325 g/mol. The third kappa shape index (κ3) is 2.63. The Balaban J connectivity index is 3.26. The number of benzene rings is 1. The van der Waals surface area contributed by atoms with Gasteiger partial charge in [-0.25, -0.2) is 4.79 Å². The lowest BCUT2D eigenvalue weighted by Gasteiger charge is -2.06. The first-order valence-electron chi connectivity index (χ1n) is 4.20. The lowest BCUT2D eigenvalue weighted by Crippen LogP contribution is -2.08. The summed E-state index contributed by atoms with van der Waals surface area (Å²) in [5, 5.41) is 8.94. The highest BCUT2D eigenvalue weighted by atomic mass is 127. The Hall–Kier alpha value is -0.740.